The molecule has 0 atom stereocenters. The van der Waals surface area contributed by atoms with Crippen LogP contribution >= 0.6 is 27.5 Å². The fourth-order valence-corrected chi connectivity index (χ4v) is 2.17. The van der Waals surface area contributed by atoms with Crippen LogP contribution in [0.5, 0.6) is 11.5 Å². The van der Waals surface area contributed by atoms with Crippen LogP contribution in [0.25, 0.3) is 0 Å². The summed E-state index contributed by atoms with van der Waals surface area (Å²) in [5.74, 6) is 0.296. The molecule has 0 aliphatic rings. The van der Waals surface area contributed by atoms with Crippen molar-refractivity contribution in [3.05, 3.63) is 61.6 Å². The van der Waals surface area contributed by atoms with Crippen LogP contribution < -0.4 is 4.74 Å². The molecule has 2 aromatic rings. The highest BCUT2D eigenvalue weighted by atomic mass is 79.9. The third-order valence-electron chi connectivity index (χ3n) is 2.42. The highest BCUT2D eigenvalue weighted by Crippen LogP contribution is 2.40. The second-order valence-electron chi connectivity index (χ2n) is 3.70. The van der Waals surface area contributed by atoms with Crippen molar-refractivity contribution >= 4 is 33.2 Å². The Morgan fingerprint density at radius 1 is 1.35 bits per heavy atom. The molecule has 0 heterocycles. The molecule has 0 aliphatic carbocycles. The SMILES string of the molecule is N#Cc1ccc(Oc2c(Cl)cccc2[N+](=O)[O-])c(Br)c1. The number of nitro benzene ring substituents is 1. The van der Waals surface area contributed by atoms with Crippen molar-refractivity contribution < 1.29 is 9.66 Å². The van der Waals surface area contributed by atoms with Gasteiger partial charge in [0.15, 0.2) is 0 Å². The predicted octanol–water partition coefficient (Wildman–Crippen LogP) is 4.67. The van der Waals surface area contributed by atoms with Gasteiger partial charge in [0.2, 0.25) is 5.75 Å². The van der Waals surface area contributed by atoms with E-state index >= 15 is 0 Å². The first-order valence-electron chi connectivity index (χ1n) is 5.33. The summed E-state index contributed by atoms with van der Waals surface area (Å²) in [6.07, 6.45) is 0. The molecule has 5 nitrogen and oxygen atoms in total. The molecule has 100 valence electrons. The van der Waals surface area contributed by atoms with Gasteiger partial charge in [-0.3, -0.25) is 10.1 Å². The molecule has 0 N–H and O–H groups in total. The van der Waals surface area contributed by atoms with Gasteiger partial charge in [-0.25, -0.2) is 0 Å². The fraction of sp³-hybridized carbons (Fsp3) is 0. The van der Waals surface area contributed by atoms with Gasteiger partial charge in [-0.1, -0.05) is 17.7 Å². The summed E-state index contributed by atoms with van der Waals surface area (Å²) in [5.41, 5.74) is 0.214. The van der Waals surface area contributed by atoms with E-state index in [1.54, 1.807) is 12.1 Å². The second-order valence-corrected chi connectivity index (χ2v) is 4.97. The first kappa shape index (κ1) is 14.3. The standard InChI is InChI=1S/C13H6BrClN2O3/c14-9-6-8(7-16)4-5-12(9)20-13-10(15)2-1-3-11(13)17(18)19/h1-6H. The Kier molecular flexibility index (Phi) is 4.23. The molecule has 0 bridgehead atoms. The molecule has 0 radical (unpaired) electrons. The van der Waals surface area contributed by atoms with Gasteiger partial charge in [0.1, 0.15) is 5.75 Å². The van der Waals surface area contributed by atoms with E-state index in [0.717, 1.165) is 0 Å². The van der Waals surface area contributed by atoms with Crippen molar-refractivity contribution in [1.29, 1.82) is 5.26 Å². The Balaban J connectivity index is 2.45. The number of hydrogen-bond donors (Lipinski definition) is 0. The Labute approximate surface area is 127 Å². The van der Waals surface area contributed by atoms with E-state index in [-0.39, 0.29) is 16.5 Å². The van der Waals surface area contributed by atoms with Crippen LogP contribution in [-0.2, 0) is 0 Å². The molecule has 0 saturated carbocycles. The van der Waals surface area contributed by atoms with Crippen LogP contribution in [0.4, 0.5) is 5.69 Å². The number of hydrogen-bond acceptors (Lipinski definition) is 4. The van der Waals surface area contributed by atoms with E-state index in [1.165, 1.54) is 24.3 Å². The third kappa shape index (κ3) is 2.90. The van der Waals surface area contributed by atoms with Crippen LogP contribution in [0, 0.1) is 21.4 Å². The molecule has 20 heavy (non-hydrogen) atoms. The number of nitrogens with zero attached hydrogens (tertiary/aromatic N) is 2. The lowest BCUT2D eigenvalue weighted by Crippen LogP contribution is -1.94. The molecule has 0 amide bonds. The van der Waals surface area contributed by atoms with Crippen LogP contribution in [0.2, 0.25) is 5.02 Å². The monoisotopic (exact) mass is 352 g/mol. The summed E-state index contributed by atoms with van der Waals surface area (Å²) in [7, 11) is 0. The largest absolute Gasteiger partial charge is 0.447 e. The van der Waals surface area contributed by atoms with Crippen LogP contribution in [0.1, 0.15) is 5.56 Å². The van der Waals surface area contributed by atoms with Crippen molar-refractivity contribution in [3.63, 3.8) is 0 Å². The Bertz CT molecular complexity index is 728. The molecule has 0 saturated heterocycles. The zero-order chi connectivity index (χ0) is 14.7. The van der Waals surface area contributed by atoms with Crippen LogP contribution in [0.3, 0.4) is 0 Å². The lowest BCUT2D eigenvalue weighted by atomic mass is 10.2. The number of nitro groups is 1. The molecule has 2 rings (SSSR count). The van der Waals surface area contributed by atoms with Crippen molar-refractivity contribution in [1.82, 2.24) is 0 Å². The van der Waals surface area contributed by atoms with E-state index < -0.39 is 4.92 Å². The summed E-state index contributed by atoms with van der Waals surface area (Å²) in [4.78, 5) is 10.4. The summed E-state index contributed by atoms with van der Waals surface area (Å²) in [5, 5.41) is 19.9. The summed E-state index contributed by atoms with van der Waals surface area (Å²) < 4.78 is 6.01. The molecule has 0 aliphatic heterocycles. The Morgan fingerprint density at radius 2 is 2.10 bits per heavy atom. The lowest BCUT2D eigenvalue weighted by Gasteiger charge is -2.09. The molecule has 0 spiro atoms. The van der Waals surface area contributed by atoms with E-state index in [0.29, 0.717) is 15.8 Å². The number of ether oxygens (including phenoxy) is 1. The molecule has 7 heteroatoms. The minimum atomic E-state index is -0.571. The topological polar surface area (TPSA) is 76.2 Å². The normalized spacial score (nSPS) is 9.85. The van der Waals surface area contributed by atoms with Gasteiger partial charge in [-0.05, 0) is 40.2 Å². The van der Waals surface area contributed by atoms with Gasteiger partial charge in [0, 0.05) is 6.07 Å². The predicted molar refractivity (Wildman–Crippen MR) is 77.0 cm³/mol. The van der Waals surface area contributed by atoms with Gasteiger partial charge in [-0.15, -0.1) is 0 Å². The van der Waals surface area contributed by atoms with Crippen molar-refractivity contribution in [3.8, 4) is 17.6 Å². The summed E-state index contributed by atoms with van der Waals surface area (Å²) in [6.45, 7) is 0. The molecular weight excluding hydrogens is 348 g/mol. The molecule has 2 aromatic carbocycles. The van der Waals surface area contributed by atoms with E-state index in [1.807, 2.05) is 6.07 Å². The fourth-order valence-electron chi connectivity index (χ4n) is 1.51. The van der Waals surface area contributed by atoms with Crippen LogP contribution in [-0.4, -0.2) is 4.92 Å². The quantitative estimate of drug-likeness (QED) is 0.593. The maximum atomic E-state index is 11.0. The van der Waals surface area contributed by atoms with Crippen molar-refractivity contribution in [2.24, 2.45) is 0 Å². The number of para-hydroxylation sites is 1. The van der Waals surface area contributed by atoms with E-state index in [4.69, 9.17) is 21.6 Å². The zero-order valence-electron chi connectivity index (χ0n) is 9.84. The van der Waals surface area contributed by atoms with E-state index in [2.05, 4.69) is 15.9 Å². The third-order valence-corrected chi connectivity index (χ3v) is 3.33. The maximum absolute atomic E-state index is 11.0. The van der Waals surface area contributed by atoms with Crippen molar-refractivity contribution in [2.75, 3.05) is 0 Å². The maximum Gasteiger partial charge on any atom is 0.313 e. The zero-order valence-corrected chi connectivity index (χ0v) is 12.2. The van der Waals surface area contributed by atoms with Gasteiger partial charge in [-0.2, -0.15) is 5.26 Å². The van der Waals surface area contributed by atoms with Gasteiger partial charge in [0.05, 0.1) is 26.1 Å². The first-order chi connectivity index (χ1) is 9.52. The number of nitriles is 1. The average Bonchev–Trinajstić information content (AvgIpc) is 2.42. The van der Waals surface area contributed by atoms with Gasteiger partial charge < -0.3 is 4.74 Å². The number of benzene rings is 2. The van der Waals surface area contributed by atoms with Crippen LogP contribution in [0.15, 0.2) is 40.9 Å². The second kappa shape index (κ2) is 5.90. The number of rotatable bonds is 3. The van der Waals surface area contributed by atoms with Gasteiger partial charge >= 0.3 is 5.69 Å². The number of halogens is 2. The molecular formula is C13H6BrClN2O3. The summed E-state index contributed by atoms with van der Waals surface area (Å²) in [6, 6.07) is 10.9. The van der Waals surface area contributed by atoms with Gasteiger partial charge in [0.25, 0.3) is 0 Å². The summed E-state index contributed by atoms with van der Waals surface area (Å²) >= 11 is 9.18. The van der Waals surface area contributed by atoms with Crippen molar-refractivity contribution in [2.45, 2.75) is 0 Å². The smallest absolute Gasteiger partial charge is 0.313 e. The molecule has 0 unspecified atom stereocenters. The highest BCUT2D eigenvalue weighted by molar-refractivity contribution is 9.10. The lowest BCUT2D eigenvalue weighted by molar-refractivity contribution is -0.385. The Hall–Kier alpha value is -2.10. The first-order valence-corrected chi connectivity index (χ1v) is 6.50. The van der Waals surface area contributed by atoms with E-state index in [9.17, 15) is 10.1 Å². The Morgan fingerprint density at radius 3 is 2.70 bits per heavy atom. The molecule has 0 aromatic heterocycles. The highest BCUT2D eigenvalue weighted by Gasteiger charge is 2.19. The minimum absolute atomic E-state index is 0.0374. The minimum Gasteiger partial charge on any atom is -0.447 e. The molecule has 0 fully saturated rings. The average molecular weight is 354 g/mol.